The van der Waals surface area contributed by atoms with E-state index < -0.39 is 0 Å². The number of benzene rings is 3. The Balaban J connectivity index is 1.81. The van der Waals surface area contributed by atoms with Crippen LogP contribution < -0.4 is 10.8 Å². The van der Waals surface area contributed by atoms with Gasteiger partial charge >= 0.3 is 0 Å². The normalized spacial score (nSPS) is 10.3. The van der Waals surface area contributed by atoms with Crippen molar-refractivity contribution in [3.8, 4) is 16.9 Å². The number of nitrogens with one attached hydrogen (secondary N) is 1. The minimum atomic E-state index is 0.289. The number of hydrogen-bond acceptors (Lipinski definition) is 2. The van der Waals surface area contributed by atoms with Gasteiger partial charge in [-0.3, -0.25) is 0 Å². The first-order valence-electron chi connectivity index (χ1n) is 6.94. The summed E-state index contributed by atoms with van der Waals surface area (Å²) in [6.07, 6.45) is 0. The lowest BCUT2D eigenvalue weighted by molar-refractivity contribution is 0.476. The van der Waals surface area contributed by atoms with Crippen molar-refractivity contribution in [2.24, 2.45) is 0 Å². The van der Waals surface area contributed by atoms with Crippen molar-refractivity contribution < 1.29 is 5.11 Å². The zero-order valence-corrected chi connectivity index (χ0v) is 11.9. The Hall–Kier alpha value is -2.68. The van der Waals surface area contributed by atoms with Crippen LogP contribution in [0.15, 0.2) is 72.8 Å². The maximum absolute atomic E-state index is 9.44. The van der Waals surface area contributed by atoms with Crippen molar-refractivity contribution in [3.05, 3.63) is 72.8 Å². The monoisotopic (exact) mass is 273 g/mol. The predicted molar refractivity (Wildman–Crippen MR) is 91.4 cm³/mol. The van der Waals surface area contributed by atoms with E-state index in [1.54, 1.807) is 12.1 Å². The highest BCUT2D eigenvalue weighted by Crippen LogP contribution is 2.23. The van der Waals surface area contributed by atoms with Gasteiger partial charge in [0.05, 0.1) is 0 Å². The molecule has 0 saturated heterocycles. The van der Waals surface area contributed by atoms with Crippen LogP contribution in [0.2, 0.25) is 0 Å². The summed E-state index contributed by atoms with van der Waals surface area (Å²) >= 11 is 0. The molecule has 21 heavy (non-hydrogen) atoms. The van der Waals surface area contributed by atoms with Crippen molar-refractivity contribution in [1.29, 1.82) is 0 Å². The molecule has 0 saturated carbocycles. The number of phenols is 1. The van der Waals surface area contributed by atoms with Crippen LogP contribution >= 0.6 is 0 Å². The lowest BCUT2D eigenvalue weighted by Crippen LogP contribution is -2.08. The molecule has 3 aromatic carbocycles. The van der Waals surface area contributed by atoms with Gasteiger partial charge in [0.15, 0.2) is 0 Å². The third-order valence-electron chi connectivity index (χ3n) is 3.48. The van der Waals surface area contributed by atoms with Crippen LogP contribution in [0.5, 0.6) is 5.75 Å². The van der Waals surface area contributed by atoms with Gasteiger partial charge in [0.2, 0.25) is 0 Å². The van der Waals surface area contributed by atoms with Crippen molar-refractivity contribution in [2.45, 2.75) is 0 Å². The van der Waals surface area contributed by atoms with E-state index >= 15 is 0 Å². The SMILES string of the molecule is Bc1cc(O)ccc1Nc1ccc(-c2ccccc2)cc1. The highest BCUT2D eigenvalue weighted by Gasteiger charge is 2.01. The van der Waals surface area contributed by atoms with Gasteiger partial charge in [0, 0.05) is 11.4 Å². The average molecular weight is 273 g/mol. The van der Waals surface area contributed by atoms with Gasteiger partial charge in [0.1, 0.15) is 13.6 Å². The van der Waals surface area contributed by atoms with Crippen molar-refractivity contribution in [1.82, 2.24) is 0 Å². The maximum Gasteiger partial charge on any atom is 0.142 e. The predicted octanol–water partition coefficient (Wildman–Crippen LogP) is 3.06. The van der Waals surface area contributed by atoms with E-state index in [4.69, 9.17) is 0 Å². The second kappa shape index (κ2) is 5.75. The van der Waals surface area contributed by atoms with E-state index in [2.05, 4.69) is 41.7 Å². The molecule has 0 aliphatic rings. The van der Waals surface area contributed by atoms with Gasteiger partial charge in [-0.1, -0.05) is 47.9 Å². The zero-order valence-electron chi connectivity index (χ0n) is 11.9. The molecule has 3 aromatic rings. The fourth-order valence-electron chi connectivity index (χ4n) is 2.32. The molecule has 2 nitrogen and oxygen atoms in total. The van der Waals surface area contributed by atoms with Crippen LogP contribution in [-0.4, -0.2) is 13.0 Å². The van der Waals surface area contributed by atoms with E-state index in [-0.39, 0.29) is 5.75 Å². The number of aromatic hydroxyl groups is 1. The number of anilines is 2. The summed E-state index contributed by atoms with van der Waals surface area (Å²) in [4.78, 5) is 0. The Bertz CT molecular complexity index is 739. The smallest absolute Gasteiger partial charge is 0.142 e. The van der Waals surface area contributed by atoms with E-state index in [0.717, 1.165) is 16.8 Å². The molecular weight excluding hydrogens is 257 g/mol. The molecule has 0 amide bonds. The summed E-state index contributed by atoms with van der Waals surface area (Å²) in [6.45, 7) is 0. The van der Waals surface area contributed by atoms with Gasteiger partial charge in [-0.25, -0.2) is 0 Å². The molecule has 0 unspecified atom stereocenters. The average Bonchev–Trinajstić information content (AvgIpc) is 2.52. The zero-order chi connectivity index (χ0) is 14.7. The van der Waals surface area contributed by atoms with E-state index in [9.17, 15) is 5.11 Å². The summed E-state index contributed by atoms with van der Waals surface area (Å²) in [7, 11) is 1.97. The van der Waals surface area contributed by atoms with Crippen LogP contribution in [0, 0.1) is 0 Å². The van der Waals surface area contributed by atoms with Crippen molar-refractivity contribution >= 4 is 24.7 Å². The minimum absolute atomic E-state index is 0.289. The summed E-state index contributed by atoms with van der Waals surface area (Å²) in [5, 5.41) is 12.8. The number of phenolic OH excluding ortho intramolecular Hbond substituents is 1. The van der Waals surface area contributed by atoms with Crippen LogP contribution in [0.1, 0.15) is 0 Å². The molecule has 0 radical (unpaired) electrons. The van der Waals surface area contributed by atoms with Gasteiger partial charge in [0.25, 0.3) is 0 Å². The lowest BCUT2D eigenvalue weighted by Gasteiger charge is -2.11. The molecule has 0 bridgehead atoms. The summed E-state index contributed by atoms with van der Waals surface area (Å²) < 4.78 is 0. The number of hydrogen-bond donors (Lipinski definition) is 2. The molecular formula is C18H16BNO. The fraction of sp³-hybridized carbons (Fsp3) is 0. The first-order valence-corrected chi connectivity index (χ1v) is 6.94. The Morgan fingerprint density at radius 3 is 2.10 bits per heavy atom. The number of rotatable bonds is 3. The molecule has 0 aromatic heterocycles. The highest BCUT2D eigenvalue weighted by atomic mass is 16.3. The van der Waals surface area contributed by atoms with E-state index in [0.29, 0.717) is 0 Å². The van der Waals surface area contributed by atoms with Crippen molar-refractivity contribution in [2.75, 3.05) is 5.32 Å². The second-order valence-corrected chi connectivity index (χ2v) is 5.07. The molecule has 3 heteroatoms. The lowest BCUT2D eigenvalue weighted by atomic mass is 9.93. The molecule has 0 heterocycles. The molecule has 0 aliphatic carbocycles. The molecule has 0 aliphatic heterocycles. The van der Waals surface area contributed by atoms with Crippen molar-refractivity contribution in [3.63, 3.8) is 0 Å². The first kappa shape index (κ1) is 13.3. The molecule has 102 valence electrons. The summed E-state index contributed by atoms with van der Waals surface area (Å²) in [5.74, 6) is 0.289. The molecule has 0 fully saturated rings. The Labute approximate surface area is 125 Å². The third kappa shape index (κ3) is 3.08. The highest BCUT2D eigenvalue weighted by molar-refractivity contribution is 6.36. The van der Waals surface area contributed by atoms with E-state index in [1.165, 1.54) is 11.1 Å². The molecule has 3 rings (SSSR count). The Morgan fingerprint density at radius 1 is 0.762 bits per heavy atom. The second-order valence-electron chi connectivity index (χ2n) is 5.07. The quantitative estimate of drug-likeness (QED) is 0.568. The molecule has 0 atom stereocenters. The third-order valence-corrected chi connectivity index (χ3v) is 3.48. The van der Waals surface area contributed by atoms with Gasteiger partial charge in [-0.05, 0) is 41.5 Å². The fourth-order valence-corrected chi connectivity index (χ4v) is 2.32. The Kier molecular flexibility index (Phi) is 3.65. The van der Waals surface area contributed by atoms with Gasteiger partial charge in [-0.15, -0.1) is 0 Å². The Morgan fingerprint density at radius 2 is 1.43 bits per heavy atom. The standard InChI is InChI=1S/C18H16BNO/c19-17-12-16(21)10-11-18(17)20-15-8-6-14(7-9-15)13-4-2-1-3-5-13/h1-12,20-21H,19H2. The topological polar surface area (TPSA) is 32.3 Å². The largest absolute Gasteiger partial charge is 0.508 e. The van der Waals surface area contributed by atoms with Crippen LogP contribution in [0.25, 0.3) is 11.1 Å². The molecule has 0 spiro atoms. The first-order chi connectivity index (χ1) is 10.2. The van der Waals surface area contributed by atoms with Crippen LogP contribution in [-0.2, 0) is 0 Å². The van der Waals surface area contributed by atoms with Crippen LogP contribution in [0.4, 0.5) is 11.4 Å². The van der Waals surface area contributed by atoms with Crippen LogP contribution in [0.3, 0.4) is 0 Å². The molecule has 2 N–H and O–H groups in total. The minimum Gasteiger partial charge on any atom is -0.508 e. The van der Waals surface area contributed by atoms with Gasteiger partial charge < -0.3 is 10.4 Å². The summed E-state index contributed by atoms with van der Waals surface area (Å²) in [6, 6.07) is 24.0. The maximum atomic E-state index is 9.44. The summed E-state index contributed by atoms with van der Waals surface area (Å²) in [5.41, 5.74) is 5.46. The van der Waals surface area contributed by atoms with E-state index in [1.807, 2.05) is 32.1 Å². The van der Waals surface area contributed by atoms with Gasteiger partial charge in [-0.2, -0.15) is 0 Å².